The predicted molar refractivity (Wildman–Crippen MR) is 147 cm³/mol. The van der Waals surface area contributed by atoms with Crippen LogP contribution in [0.3, 0.4) is 0 Å². The summed E-state index contributed by atoms with van der Waals surface area (Å²) < 4.78 is 57.6. The smallest absolute Gasteiger partial charge is 0.258 e. The number of nitrogens with one attached hydrogen (secondary N) is 2. The summed E-state index contributed by atoms with van der Waals surface area (Å²) in [5.74, 6) is -6.03. The maximum absolute atomic E-state index is 15.8. The molecule has 42 heavy (non-hydrogen) atoms. The third-order valence-corrected chi connectivity index (χ3v) is 7.93. The molecular weight excluding hydrogens is 578 g/mol. The number of hydrogen-bond acceptors (Lipinski definition) is 6. The number of aromatic nitrogens is 2. The van der Waals surface area contributed by atoms with Crippen molar-refractivity contribution in [3.63, 3.8) is 0 Å². The Kier molecular flexibility index (Phi) is 8.38. The van der Waals surface area contributed by atoms with E-state index in [1.54, 1.807) is 24.3 Å². The molecule has 0 radical (unpaired) electrons. The summed E-state index contributed by atoms with van der Waals surface area (Å²) in [5, 5.41) is 15.9. The molecule has 2 aliphatic rings. The van der Waals surface area contributed by atoms with Gasteiger partial charge in [0.05, 0.1) is 24.4 Å². The van der Waals surface area contributed by atoms with Crippen molar-refractivity contribution in [3.8, 4) is 11.3 Å². The molecule has 1 aromatic heterocycles. The van der Waals surface area contributed by atoms with Crippen LogP contribution in [0.25, 0.3) is 11.3 Å². The lowest BCUT2D eigenvalue weighted by Crippen LogP contribution is -2.46. The molecule has 1 aliphatic carbocycles. The molecule has 0 bridgehead atoms. The highest BCUT2D eigenvalue weighted by Gasteiger charge is 2.38. The van der Waals surface area contributed by atoms with Gasteiger partial charge < -0.3 is 20.6 Å². The van der Waals surface area contributed by atoms with Crippen molar-refractivity contribution in [2.75, 3.05) is 11.9 Å². The molecule has 1 aliphatic heterocycles. The molecule has 1 fully saturated rings. The Morgan fingerprint density at radius 1 is 1.21 bits per heavy atom. The minimum Gasteiger partial charge on any atom is -0.394 e. The fourth-order valence-electron chi connectivity index (χ4n) is 5.26. The summed E-state index contributed by atoms with van der Waals surface area (Å²) in [7, 11) is 0. The number of amides is 2. The largest absolute Gasteiger partial charge is 0.394 e. The van der Waals surface area contributed by atoms with E-state index in [1.807, 2.05) is 0 Å². The van der Waals surface area contributed by atoms with Gasteiger partial charge in [0.25, 0.3) is 5.91 Å². The van der Waals surface area contributed by atoms with Gasteiger partial charge in [-0.15, -0.1) is 0 Å². The van der Waals surface area contributed by atoms with E-state index in [2.05, 4.69) is 20.6 Å². The maximum Gasteiger partial charge on any atom is 0.258 e. The van der Waals surface area contributed by atoms with Gasteiger partial charge in [-0.2, -0.15) is 0 Å². The van der Waals surface area contributed by atoms with Crippen LogP contribution < -0.4 is 10.6 Å². The maximum atomic E-state index is 15.8. The van der Waals surface area contributed by atoms with Crippen LogP contribution in [-0.4, -0.2) is 56.4 Å². The second kappa shape index (κ2) is 11.8. The van der Waals surface area contributed by atoms with E-state index in [4.69, 9.17) is 11.6 Å². The number of nitrogens with zero attached hydrogens (tertiary/aromatic N) is 3. The van der Waals surface area contributed by atoms with Crippen molar-refractivity contribution in [1.29, 1.82) is 0 Å². The molecule has 0 spiro atoms. The number of fused-ring (bicyclic) bond motifs is 1. The van der Waals surface area contributed by atoms with Gasteiger partial charge >= 0.3 is 0 Å². The summed E-state index contributed by atoms with van der Waals surface area (Å²) >= 11 is 6.02. The topological polar surface area (TPSA) is 107 Å². The molecule has 0 unspecified atom stereocenters. The fraction of sp³-hybridized carbons (Fsp3) is 0.379. The molecule has 5 rings (SSSR count). The Hall–Kier alpha value is -3.77. The summed E-state index contributed by atoms with van der Waals surface area (Å²) in [6, 6.07) is 7.22. The van der Waals surface area contributed by atoms with E-state index in [-0.39, 0.29) is 55.3 Å². The molecule has 2 amide bonds. The molecule has 13 heteroatoms. The van der Waals surface area contributed by atoms with Crippen LogP contribution >= 0.6 is 11.6 Å². The van der Waals surface area contributed by atoms with Crippen LogP contribution in [0.2, 0.25) is 5.02 Å². The number of aliphatic hydroxyl groups excluding tert-OH is 1. The molecule has 2 atom stereocenters. The van der Waals surface area contributed by atoms with E-state index in [0.29, 0.717) is 16.1 Å². The predicted octanol–water partition coefficient (Wildman–Crippen LogP) is 5.26. The molecule has 2 heterocycles. The van der Waals surface area contributed by atoms with Crippen molar-refractivity contribution >= 4 is 29.4 Å². The quantitative estimate of drug-likeness (QED) is 0.303. The third-order valence-electron chi connectivity index (χ3n) is 7.69. The number of carbonyl (C=O) groups is 2. The van der Waals surface area contributed by atoms with Crippen LogP contribution in [0.1, 0.15) is 60.1 Å². The Morgan fingerprint density at radius 2 is 1.95 bits per heavy atom. The van der Waals surface area contributed by atoms with Crippen molar-refractivity contribution in [3.05, 3.63) is 75.9 Å². The van der Waals surface area contributed by atoms with Gasteiger partial charge in [-0.25, -0.2) is 27.5 Å². The van der Waals surface area contributed by atoms with Crippen LogP contribution in [0.4, 0.5) is 23.5 Å². The van der Waals surface area contributed by atoms with Gasteiger partial charge in [-0.3, -0.25) is 9.59 Å². The molecule has 3 aromatic rings. The molecule has 3 N–H and O–H groups in total. The summed E-state index contributed by atoms with van der Waals surface area (Å²) in [4.78, 5) is 35.5. The minimum atomic E-state index is -2.73. The Balaban J connectivity index is 1.33. The number of benzene rings is 2. The Morgan fingerprint density at radius 3 is 2.64 bits per heavy atom. The second-order valence-corrected chi connectivity index (χ2v) is 11.0. The number of aliphatic hydroxyl groups is 1. The van der Waals surface area contributed by atoms with Gasteiger partial charge in [-0.05, 0) is 49.1 Å². The molecule has 8 nitrogen and oxygen atoms in total. The molecule has 222 valence electrons. The second-order valence-electron chi connectivity index (χ2n) is 10.5. The van der Waals surface area contributed by atoms with Gasteiger partial charge in [-0.1, -0.05) is 29.8 Å². The van der Waals surface area contributed by atoms with E-state index < -0.39 is 53.8 Å². The number of rotatable bonds is 8. The zero-order chi connectivity index (χ0) is 30.2. The molecule has 2 aromatic carbocycles. The molecule has 1 saturated carbocycles. The number of carbonyl (C=O) groups excluding carboxylic acids is 2. The molecule has 0 saturated heterocycles. The SMILES string of the molecule is C[C@H](C(=O)N[C@H](CO)c1cccc(Cl)c1)N1Cc2ccc(-c3nc(NC4CCC(F)(F)CC4)ncc3F)c(F)c2C1=O. The summed E-state index contributed by atoms with van der Waals surface area (Å²) in [5.41, 5.74) is -0.0914. The third kappa shape index (κ3) is 6.05. The van der Waals surface area contributed by atoms with Gasteiger partial charge in [0.1, 0.15) is 17.6 Å². The zero-order valence-corrected chi connectivity index (χ0v) is 23.3. The van der Waals surface area contributed by atoms with E-state index in [0.717, 1.165) is 6.20 Å². The lowest BCUT2D eigenvalue weighted by atomic mass is 9.92. The first-order valence-corrected chi connectivity index (χ1v) is 13.8. The lowest BCUT2D eigenvalue weighted by molar-refractivity contribution is -0.126. The van der Waals surface area contributed by atoms with Gasteiger partial charge in [0.15, 0.2) is 5.82 Å². The highest BCUT2D eigenvalue weighted by molar-refractivity contribution is 6.30. The molecular formula is C29H28ClF4N5O3. The van der Waals surface area contributed by atoms with Crippen LogP contribution in [0.5, 0.6) is 0 Å². The Labute approximate surface area is 244 Å². The van der Waals surface area contributed by atoms with Crippen LogP contribution in [-0.2, 0) is 11.3 Å². The highest BCUT2D eigenvalue weighted by atomic mass is 35.5. The van der Waals surface area contributed by atoms with E-state index >= 15 is 4.39 Å². The van der Waals surface area contributed by atoms with Crippen molar-refractivity contribution in [2.24, 2.45) is 0 Å². The first-order valence-electron chi connectivity index (χ1n) is 13.4. The summed E-state index contributed by atoms with van der Waals surface area (Å²) in [6.45, 7) is 0.999. The van der Waals surface area contributed by atoms with Gasteiger partial charge in [0, 0.05) is 36.0 Å². The average molecular weight is 606 g/mol. The zero-order valence-electron chi connectivity index (χ0n) is 22.5. The summed E-state index contributed by atoms with van der Waals surface area (Å²) in [6.07, 6.45) is 0.602. The Bertz CT molecular complexity index is 1510. The number of hydrogen-bond donors (Lipinski definition) is 3. The fourth-order valence-corrected chi connectivity index (χ4v) is 5.46. The van der Waals surface area contributed by atoms with Crippen LogP contribution in [0, 0.1) is 11.6 Å². The van der Waals surface area contributed by atoms with Gasteiger partial charge in [0.2, 0.25) is 17.8 Å². The number of halogens is 5. The van der Waals surface area contributed by atoms with Crippen molar-refractivity contribution < 1.29 is 32.3 Å². The first-order chi connectivity index (χ1) is 20.0. The highest BCUT2D eigenvalue weighted by Crippen LogP contribution is 2.36. The number of anilines is 1. The van der Waals surface area contributed by atoms with E-state index in [1.165, 1.54) is 24.0 Å². The first kappa shape index (κ1) is 29.7. The monoisotopic (exact) mass is 605 g/mol. The minimum absolute atomic E-state index is 0.0436. The van der Waals surface area contributed by atoms with E-state index in [9.17, 15) is 27.9 Å². The average Bonchev–Trinajstić information content (AvgIpc) is 3.30. The lowest BCUT2D eigenvalue weighted by Gasteiger charge is -2.28. The number of alkyl halides is 2. The standard InChI is InChI=1S/C29H28ClF4N5O3/c1-15(26(41)37-22(14-40)16-3-2-4-18(30)11-16)39-13-17-5-6-20(24(32)23(17)27(39)42)25-21(31)12-35-28(38-25)36-19-7-9-29(33,34)10-8-19/h2-6,11-12,15,19,22,40H,7-10,13-14H2,1H3,(H,37,41)(H,35,36,38)/t15-,22-/m1/s1. The normalized spacial score (nSPS) is 18.0. The van der Waals surface area contributed by atoms with Crippen LogP contribution in [0.15, 0.2) is 42.6 Å². The van der Waals surface area contributed by atoms with Crippen molar-refractivity contribution in [2.45, 2.75) is 63.2 Å². The van der Waals surface area contributed by atoms with Crippen molar-refractivity contribution in [1.82, 2.24) is 20.2 Å².